The number of carboxylic acid groups (broad SMARTS) is 1. The normalized spacial score (nSPS) is 12.2. The van der Waals surface area contributed by atoms with Crippen molar-refractivity contribution in [3.8, 4) is 0 Å². The molecule has 0 fully saturated rings. The first-order valence-electron chi connectivity index (χ1n) is 4.20. The van der Waals surface area contributed by atoms with Crippen LogP contribution in [-0.4, -0.2) is 21.1 Å². The van der Waals surface area contributed by atoms with Gasteiger partial charge in [0.15, 0.2) is 6.10 Å². The molecule has 16 heavy (non-hydrogen) atoms. The molecule has 0 aromatic heterocycles. The maximum absolute atomic E-state index is 13.1. The zero-order chi connectivity index (χ0) is 12.5. The van der Waals surface area contributed by atoms with Crippen LogP contribution in [0.5, 0.6) is 0 Å². The number of nitro benzene ring substituents is 1. The summed E-state index contributed by atoms with van der Waals surface area (Å²) in [7, 11) is 0. The molecule has 1 rings (SSSR count). The number of aliphatic hydroxyl groups excluding tert-OH is 1. The van der Waals surface area contributed by atoms with Gasteiger partial charge in [0.2, 0.25) is 0 Å². The predicted octanol–water partition coefficient (Wildman–Crippen LogP) is 1.16. The number of aliphatic carboxylic acids is 1. The van der Waals surface area contributed by atoms with Crippen LogP contribution in [0.25, 0.3) is 0 Å². The lowest BCUT2D eigenvalue weighted by Crippen LogP contribution is -2.13. The summed E-state index contributed by atoms with van der Waals surface area (Å²) in [6, 6.07) is 1.54. The fourth-order valence-electron chi connectivity index (χ4n) is 1.19. The Kier molecular flexibility index (Phi) is 3.19. The van der Waals surface area contributed by atoms with E-state index in [1.165, 1.54) is 6.92 Å². The molecule has 1 unspecified atom stereocenters. The van der Waals surface area contributed by atoms with Crippen LogP contribution in [0.2, 0.25) is 0 Å². The van der Waals surface area contributed by atoms with E-state index in [-0.39, 0.29) is 5.56 Å². The number of carboxylic acids is 1. The number of aryl methyl sites for hydroxylation is 1. The van der Waals surface area contributed by atoms with Crippen LogP contribution in [0, 0.1) is 22.9 Å². The van der Waals surface area contributed by atoms with Gasteiger partial charge in [-0.2, -0.15) is 0 Å². The largest absolute Gasteiger partial charge is 0.479 e. The number of nitro groups is 1. The quantitative estimate of drug-likeness (QED) is 0.598. The highest BCUT2D eigenvalue weighted by Gasteiger charge is 2.27. The molecule has 0 amide bonds. The van der Waals surface area contributed by atoms with Crippen molar-refractivity contribution in [1.82, 2.24) is 0 Å². The molecule has 0 aliphatic heterocycles. The molecule has 0 saturated carbocycles. The lowest BCUT2D eigenvalue weighted by molar-refractivity contribution is -0.386. The Bertz CT molecular complexity index is 459. The van der Waals surface area contributed by atoms with Gasteiger partial charge >= 0.3 is 5.97 Å². The van der Waals surface area contributed by atoms with Crippen molar-refractivity contribution in [3.63, 3.8) is 0 Å². The minimum absolute atomic E-state index is 0.00744. The lowest BCUT2D eigenvalue weighted by Gasteiger charge is -2.07. The number of nitrogens with zero attached hydrogens (tertiary/aromatic N) is 1. The van der Waals surface area contributed by atoms with Gasteiger partial charge in [0, 0.05) is 6.07 Å². The van der Waals surface area contributed by atoms with Crippen molar-refractivity contribution in [2.24, 2.45) is 0 Å². The highest BCUT2D eigenvalue weighted by molar-refractivity contribution is 5.76. The van der Waals surface area contributed by atoms with Crippen molar-refractivity contribution in [3.05, 3.63) is 39.2 Å². The van der Waals surface area contributed by atoms with Crippen molar-refractivity contribution < 1.29 is 24.3 Å². The maximum atomic E-state index is 13.1. The minimum atomic E-state index is -2.12. The summed E-state index contributed by atoms with van der Waals surface area (Å²) in [4.78, 5) is 20.2. The fraction of sp³-hybridized carbons (Fsp3) is 0.222. The first-order valence-corrected chi connectivity index (χ1v) is 4.20. The summed E-state index contributed by atoms with van der Waals surface area (Å²) in [6.07, 6.45) is -2.12. The number of benzene rings is 1. The summed E-state index contributed by atoms with van der Waals surface area (Å²) < 4.78 is 13.1. The third-order valence-corrected chi connectivity index (χ3v) is 2.03. The molecule has 2 N–H and O–H groups in total. The molecule has 0 saturated heterocycles. The van der Waals surface area contributed by atoms with Gasteiger partial charge in [0.25, 0.3) is 5.69 Å². The third-order valence-electron chi connectivity index (χ3n) is 2.03. The number of hydrogen-bond donors (Lipinski definition) is 2. The average molecular weight is 229 g/mol. The van der Waals surface area contributed by atoms with E-state index < -0.39 is 34.1 Å². The van der Waals surface area contributed by atoms with Crippen LogP contribution in [0.4, 0.5) is 10.1 Å². The van der Waals surface area contributed by atoms with Gasteiger partial charge in [0.05, 0.1) is 10.5 Å². The Hall–Kier alpha value is -2.02. The smallest absolute Gasteiger partial charge is 0.337 e. The second-order valence-corrected chi connectivity index (χ2v) is 3.16. The van der Waals surface area contributed by atoms with Gasteiger partial charge in [-0.3, -0.25) is 10.1 Å². The molecule has 6 nitrogen and oxygen atoms in total. The maximum Gasteiger partial charge on any atom is 0.337 e. The second kappa shape index (κ2) is 4.23. The Morgan fingerprint density at radius 1 is 1.56 bits per heavy atom. The van der Waals surface area contributed by atoms with Crippen LogP contribution in [0.15, 0.2) is 12.1 Å². The number of carbonyl (C=O) groups is 1. The Morgan fingerprint density at radius 2 is 2.12 bits per heavy atom. The van der Waals surface area contributed by atoms with Gasteiger partial charge in [-0.25, -0.2) is 9.18 Å². The zero-order valence-corrected chi connectivity index (χ0v) is 8.18. The van der Waals surface area contributed by atoms with Gasteiger partial charge in [-0.15, -0.1) is 0 Å². The highest BCUT2D eigenvalue weighted by atomic mass is 19.1. The molecule has 7 heteroatoms. The van der Waals surface area contributed by atoms with Crippen molar-refractivity contribution in [1.29, 1.82) is 0 Å². The molecule has 1 aromatic carbocycles. The molecule has 0 heterocycles. The number of hydrogen-bond acceptors (Lipinski definition) is 4. The van der Waals surface area contributed by atoms with E-state index >= 15 is 0 Å². The van der Waals surface area contributed by atoms with E-state index in [1.54, 1.807) is 0 Å². The molecule has 86 valence electrons. The van der Waals surface area contributed by atoms with E-state index in [0.29, 0.717) is 6.07 Å². The SMILES string of the molecule is Cc1cc([N+](=O)[O-])c(C(O)C(=O)O)cc1F. The highest BCUT2D eigenvalue weighted by Crippen LogP contribution is 2.28. The molecule has 0 spiro atoms. The van der Waals surface area contributed by atoms with Crippen LogP contribution < -0.4 is 0 Å². The van der Waals surface area contributed by atoms with Gasteiger partial charge in [0.1, 0.15) is 5.82 Å². The van der Waals surface area contributed by atoms with E-state index in [0.717, 1.165) is 6.07 Å². The minimum Gasteiger partial charge on any atom is -0.479 e. The summed E-state index contributed by atoms with van der Waals surface area (Å²) in [6.45, 7) is 1.30. The molecular formula is C9H8FNO5. The van der Waals surface area contributed by atoms with Crippen LogP contribution in [0.3, 0.4) is 0 Å². The molecule has 1 atom stereocenters. The summed E-state index contributed by atoms with van der Waals surface area (Å²) in [5.41, 5.74) is -1.18. The monoisotopic (exact) mass is 229 g/mol. The fourth-order valence-corrected chi connectivity index (χ4v) is 1.19. The second-order valence-electron chi connectivity index (χ2n) is 3.16. The van der Waals surface area contributed by atoms with Crippen LogP contribution >= 0.6 is 0 Å². The van der Waals surface area contributed by atoms with Gasteiger partial charge < -0.3 is 10.2 Å². The molecule has 0 bridgehead atoms. The number of rotatable bonds is 3. The summed E-state index contributed by atoms with van der Waals surface area (Å²) >= 11 is 0. The Balaban J connectivity index is 3.41. The third kappa shape index (κ3) is 2.14. The van der Waals surface area contributed by atoms with Crippen molar-refractivity contribution in [2.75, 3.05) is 0 Å². The van der Waals surface area contributed by atoms with Crippen molar-refractivity contribution >= 4 is 11.7 Å². The van der Waals surface area contributed by atoms with E-state index in [1.807, 2.05) is 0 Å². The van der Waals surface area contributed by atoms with E-state index in [2.05, 4.69) is 0 Å². The Morgan fingerprint density at radius 3 is 2.56 bits per heavy atom. The predicted molar refractivity (Wildman–Crippen MR) is 50.4 cm³/mol. The summed E-state index contributed by atoms with van der Waals surface area (Å²) in [5, 5.41) is 28.3. The standard InChI is InChI=1S/C9H8FNO5/c1-4-2-7(11(15)16)5(3-6(4)10)8(12)9(13)14/h2-3,8,12H,1H3,(H,13,14). The molecule has 0 aliphatic carbocycles. The first kappa shape index (κ1) is 12.1. The van der Waals surface area contributed by atoms with Crippen LogP contribution in [0.1, 0.15) is 17.2 Å². The van der Waals surface area contributed by atoms with Crippen LogP contribution in [-0.2, 0) is 4.79 Å². The average Bonchev–Trinajstić information content (AvgIpc) is 2.19. The van der Waals surface area contributed by atoms with Crippen molar-refractivity contribution in [2.45, 2.75) is 13.0 Å². The lowest BCUT2D eigenvalue weighted by atomic mass is 10.0. The van der Waals surface area contributed by atoms with E-state index in [4.69, 9.17) is 5.11 Å². The first-order chi connectivity index (χ1) is 7.34. The molecule has 0 radical (unpaired) electrons. The van der Waals surface area contributed by atoms with Gasteiger partial charge in [-0.1, -0.05) is 0 Å². The number of aliphatic hydroxyl groups is 1. The summed E-state index contributed by atoms with van der Waals surface area (Å²) in [5.74, 6) is -2.48. The number of halogens is 1. The molecule has 1 aromatic rings. The molecule has 0 aliphatic rings. The molecular weight excluding hydrogens is 221 g/mol. The zero-order valence-electron chi connectivity index (χ0n) is 8.18. The topological polar surface area (TPSA) is 101 Å². The van der Waals surface area contributed by atoms with E-state index in [9.17, 15) is 24.4 Å². The Labute approximate surface area is 89.1 Å². The van der Waals surface area contributed by atoms with Gasteiger partial charge in [-0.05, 0) is 18.6 Å².